The Bertz CT molecular complexity index is 451. The third kappa shape index (κ3) is 3.01. The molecule has 1 aromatic rings. The quantitative estimate of drug-likeness (QED) is 0.865. The van der Waals surface area contributed by atoms with Crippen LogP contribution in [0.2, 0.25) is 0 Å². The molecule has 1 saturated carbocycles. The van der Waals surface area contributed by atoms with Gasteiger partial charge in [0.15, 0.2) is 5.13 Å². The Morgan fingerprint density at radius 3 is 2.80 bits per heavy atom. The summed E-state index contributed by atoms with van der Waals surface area (Å²) in [5, 5.41) is 4.89. The molecule has 4 heteroatoms. The van der Waals surface area contributed by atoms with E-state index < -0.39 is 0 Å². The fraction of sp³-hybridized carbons (Fsp3) is 0.812. The molecule has 0 aromatic carbocycles. The highest BCUT2D eigenvalue weighted by molar-refractivity contribution is 7.15. The second-order valence-electron chi connectivity index (χ2n) is 6.58. The van der Waals surface area contributed by atoms with Crippen molar-refractivity contribution in [1.82, 2.24) is 10.3 Å². The van der Waals surface area contributed by atoms with Crippen LogP contribution in [0.25, 0.3) is 0 Å². The fourth-order valence-corrected chi connectivity index (χ4v) is 4.38. The maximum absolute atomic E-state index is 5.05. The highest BCUT2D eigenvalue weighted by atomic mass is 32.1. The first-order valence-corrected chi connectivity index (χ1v) is 9.00. The number of nitrogens with one attached hydrogen (secondary N) is 1. The van der Waals surface area contributed by atoms with Gasteiger partial charge >= 0.3 is 0 Å². The Morgan fingerprint density at radius 1 is 1.35 bits per heavy atom. The van der Waals surface area contributed by atoms with Crippen molar-refractivity contribution < 1.29 is 0 Å². The number of fused-ring (bicyclic) bond motifs is 1. The first-order chi connectivity index (χ1) is 9.69. The van der Waals surface area contributed by atoms with E-state index in [0.29, 0.717) is 12.0 Å². The van der Waals surface area contributed by atoms with E-state index in [1.165, 1.54) is 47.8 Å². The zero-order chi connectivity index (χ0) is 14.1. The van der Waals surface area contributed by atoms with Gasteiger partial charge in [-0.1, -0.05) is 20.8 Å². The van der Waals surface area contributed by atoms with Gasteiger partial charge in [-0.05, 0) is 44.6 Å². The zero-order valence-electron chi connectivity index (χ0n) is 13.0. The monoisotopic (exact) mass is 293 g/mol. The summed E-state index contributed by atoms with van der Waals surface area (Å²) in [7, 11) is 0. The van der Waals surface area contributed by atoms with Gasteiger partial charge in [-0.3, -0.25) is 0 Å². The zero-order valence-corrected chi connectivity index (χ0v) is 13.8. The Morgan fingerprint density at radius 2 is 2.15 bits per heavy atom. The number of aromatic nitrogens is 1. The van der Waals surface area contributed by atoms with Crippen LogP contribution in [0.15, 0.2) is 0 Å². The number of hydrogen-bond acceptors (Lipinski definition) is 4. The van der Waals surface area contributed by atoms with Crippen LogP contribution in [-0.2, 0) is 6.42 Å². The Hall–Kier alpha value is -0.610. The molecule has 3 rings (SSSR count). The van der Waals surface area contributed by atoms with Gasteiger partial charge in [-0.25, -0.2) is 4.98 Å². The molecule has 112 valence electrons. The van der Waals surface area contributed by atoms with Gasteiger partial charge in [0.2, 0.25) is 0 Å². The molecule has 0 amide bonds. The van der Waals surface area contributed by atoms with E-state index in [2.05, 4.69) is 31.0 Å². The molecule has 0 radical (unpaired) electrons. The largest absolute Gasteiger partial charge is 0.345 e. The van der Waals surface area contributed by atoms with Gasteiger partial charge in [-0.2, -0.15) is 0 Å². The summed E-state index contributed by atoms with van der Waals surface area (Å²) in [6.45, 7) is 9.00. The van der Waals surface area contributed by atoms with E-state index in [9.17, 15) is 0 Å². The van der Waals surface area contributed by atoms with Gasteiger partial charge < -0.3 is 10.2 Å². The summed E-state index contributed by atoms with van der Waals surface area (Å²) in [4.78, 5) is 9.16. The first kappa shape index (κ1) is 14.3. The average Bonchev–Trinajstić information content (AvgIpc) is 3.15. The van der Waals surface area contributed by atoms with Crippen molar-refractivity contribution in [2.24, 2.45) is 5.92 Å². The minimum absolute atomic E-state index is 0.494. The molecule has 2 aliphatic rings. The third-order valence-electron chi connectivity index (χ3n) is 4.19. The second kappa shape index (κ2) is 6.02. The van der Waals surface area contributed by atoms with Crippen molar-refractivity contribution in [3.63, 3.8) is 0 Å². The molecule has 1 aromatic heterocycles. The van der Waals surface area contributed by atoms with E-state index >= 15 is 0 Å². The van der Waals surface area contributed by atoms with Crippen molar-refractivity contribution in [2.75, 3.05) is 18.0 Å². The average molecular weight is 293 g/mol. The topological polar surface area (TPSA) is 28.2 Å². The number of aryl methyl sites for hydroxylation is 1. The number of anilines is 1. The van der Waals surface area contributed by atoms with Crippen LogP contribution < -0.4 is 10.2 Å². The Labute approximate surface area is 126 Å². The number of hydrogen-bond donors (Lipinski definition) is 1. The standard InChI is InChI=1S/C16H27N3S/c1-4-17-13-6-5-7-14-15(13)18-16(20-14)19(10-11(2)3)12-8-9-12/h11-13,17H,4-10H2,1-3H3. The highest BCUT2D eigenvalue weighted by Crippen LogP contribution is 2.40. The first-order valence-electron chi connectivity index (χ1n) is 8.18. The molecule has 0 spiro atoms. The van der Waals surface area contributed by atoms with Crippen LogP contribution in [0.5, 0.6) is 0 Å². The molecule has 2 aliphatic carbocycles. The van der Waals surface area contributed by atoms with E-state index in [0.717, 1.165) is 19.1 Å². The van der Waals surface area contributed by atoms with E-state index in [1.54, 1.807) is 0 Å². The Kier molecular flexibility index (Phi) is 4.32. The van der Waals surface area contributed by atoms with Crippen LogP contribution in [0.1, 0.15) is 63.1 Å². The smallest absolute Gasteiger partial charge is 0.186 e. The predicted molar refractivity (Wildman–Crippen MR) is 86.7 cm³/mol. The Balaban J connectivity index is 1.83. The number of thiazole rings is 1. The van der Waals surface area contributed by atoms with Gasteiger partial charge in [0, 0.05) is 17.5 Å². The molecule has 1 fully saturated rings. The molecule has 20 heavy (non-hydrogen) atoms. The summed E-state index contributed by atoms with van der Waals surface area (Å²) >= 11 is 1.96. The van der Waals surface area contributed by atoms with Gasteiger partial charge in [0.05, 0.1) is 11.7 Å². The molecule has 0 bridgehead atoms. The van der Waals surface area contributed by atoms with E-state index in [-0.39, 0.29) is 0 Å². The fourth-order valence-electron chi connectivity index (χ4n) is 3.14. The predicted octanol–water partition coefficient (Wildman–Crippen LogP) is 3.75. The van der Waals surface area contributed by atoms with Gasteiger partial charge in [0.1, 0.15) is 0 Å². The molecule has 1 N–H and O–H groups in total. The van der Waals surface area contributed by atoms with Crippen molar-refractivity contribution >= 4 is 16.5 Å². The normalized spacial score (nSPS) is 22.1. The summed E-state index contributed by atoms with van der Waals surface area (Å²) in [6, 6.07) is 1.26. The molecule has 1 unspecified atom stereocenters. The van der Waals surface area contributed by atoms with Gasteiger partial charge in [0.25, 0.3) is 0 Å². The SMILES string of the molecule is CCNC1CCCc2sc(N(CC(C)C)C3CC3)nc21. The summed E-state index contributed by atoms with van der Waals surface area (Å²) in [5.41, 5.74) is 1.35. The molecule has 3 nitrogen and oxygen atoms in total. The maximum Gasteiger partial charge on any atom is 0.186 e. The molecular weight excluding hydrogens is 266 g/mol. The highest BCUT2D eigenvalue weighted by Gasteiger charge is 2.33. The lowest BCUT2D eigenvalue weighted by Gasteiger charge is -2.23. The molecule has 0 saturated heterocycles. The molecular formula is C16H27N3S. The summed E-state index contributed by atoms with van der Waals surface area (Å²) in [5.74, 6) is 0.709. The van der Waals surface area contributed by atoms with Crippen molar-refractivity contribution in [2.45, 2.75) is 65.0 Å². The van der Waals surface area contributed by atoms with Crippen LogP contribution in [0.3, 0.4) is 0 Å². The molecule has 0 aliphatic heterocycles. The summed E-state index contributed by atoms with van der Waals surface area (Å²) < 4.78 is 0. The minimum atomic E-state index is 0.494. The van der Waals surface area contributed by atoms with Gasteiger partial charge in [-0.15, -0.1) is 11.3 Å². The third-order valence-corrected chi connectivity index (χ3v) is 5.36. The maximum atomic E-state index is 5.05. The number of rotatable bonds is 6. The van der Waals surface area contributed by atoms with Crippen molar-refractivity contribution in [3.05, 3.63) is 10.6 Å². The lowest BCUT2D eigenvalue weighted by Crippen LogP contribution is -2.30. The molecule has 1 heterocycles. The van der Waals surface area contributed by atoms with Crippen LogP contribution in [0, 0.1) is 5.92 Å². The summed E-state index contributed by atoms with van der Waals surface area (Å²) in [6.07, 6.45) is 6.49. The lowest BCUT2D eigenvalue weighted by atomic mass is 9.98. The van der Waals surface area contributed by atoms with E-state index in [4.69, 9.17) is 4.98 Å². The lowest BCUT2D eigenvalue weighted by molar-refractivity contribution is 0.465. The second-order valence-corrected chi connectivity index (χ2v) is 7.65. The van der Waals surface area contributed by atoms with Crippen LogP contribution >= 0.6 is 11.3 Å². The van der Waals surface area contributed by atoms with Crippen molar-refractivity contribution in [3.8, 4) is 0 Å². The molecule has 1 atom stereocenters. The van der Waals surface area contributed by atoms with Crippen molar-refractivity contribution in [1.29, 1.82) is 0 Å². The van der Waals surface area contributed by atoms with Crippen LogP contribution in [0.4, 0.5) is 5.13 Å². The van der Waals surface area contributed by atoms with E-state index in [1.807, 2.05) is 11.3 Å². The number of nitrogens with zero attached hydrogens (tertiary/aromatic N) is 2. The van der Waals surface area contributed by atoms with Crippen LogP contribution in [-0.4, -0.2) is 24.1 Å². The minimum Gasteiger partial charge on any atom is -0.345 e.